The smallest absolute Gasteiger partial charge is 0.251 e. The van der Waals surface area contributed by atoms with Gasteiger partial charge in [-0.3, -0.25) is 9.78 Å². The predicted molar refractivity (Wildman–Crippen MR) is 130 cm³/mol. The van der Waals surface area contributed by atoms with Crippen LogP contribution in [0.15, 0.2) is 71.9 Å². The first kappa shape index (κ1) is 22.2. The lowest BCUT2D eigenvalue weighted by atomic mass is 10.1. The van der Waals surface area contributed by atoms with E-state index in [0.717, 1.165) is 36.7 Å². The summed E-state index contributed by atoms with van der Waals surface area (Å²) in [5, 5.41) is 5.31. The number of hydrogen-bond donors (Lipinski definition) is 2. The summed E-state index contributed by atoms with van der Waals surface area (Å²) >= 11 is 0. The van der Waals surface area contributed by atoms with Gasteiger partial charge >= 0.3 is 0 Å². The highest BCUT2D eigenvalue weighted by molar-refractivity contribution is 7.83. The molecule has 0 aliphatic rings. The lowest BCUT2D eigenvalue weighted by Crippen LogP contribution is -2.24. The Balaban J connectivity index is 1.26. The molecule has 32 heavy (non-hydrogen) atoms. The second-order valence-corrected chi connectivity index (χ2v) is 8.96. The molecule has 0 radical (unpaired) electrons. The summed E-state index contributed by atoms with van der Waals surface area (Å²) in [6.45, 7) is 4.31. The molecule has 4 rings (SSSR count). The molecule has 1 unspecified atom stereocenters. The molecule has 2 N–H and O–H groups in total. The van der Waals surface area contributed by atoms with Crippen LogP contribution < -0.4 is 10.0 Å². The van der Waals surface area contributed by atoms with Crippen molar-refractivity contribution in [3.05, 3.63) is 72.6 Å². The number of aryl methyl sites for hydroxylation is 1. The van der Waals surface area contributed by atoms with E-state index >= 15 is 0 Å². The topological polar surface area (TPSA) is 76.0 Å². The Morgan fingerprint density at radius 1 is 0.969 bits per heavy atom. The molecule has 6 nitrogen and oxygen atoms in total. The summed E-state index contributed by atoms with van der Waals surface area (Å²) in [4.78, 5) is 17.3. The third-order valence-corrected chi connectivity index (χ3v) is 6.71. The maximum atomic E-state index is 12.7. The Morgan fingerprint density at radius 2 is 1.78 bits per heavy atom. The van der Waals surface area contributed by atoms with Crippen molar-refractivity contribution in [1.82, 2.24) is 19.6 Å². The van der Waals surface area contributed by atoms with Crippen molar-refractivity contribution >= 4 is 38.7 Å². The van der Waals surface area contributed by atoms with Crippen molar-refractivity contribution < 1.29 is 9.00 Å². The van der Waals surface area contributed by atoms with Crippen LogP contribution in [0.3, 0.4) is 0 Å². The van der Waals surface area contributed by atoms with Crippen molar-refractivity contribution in [3.63, 3.8) is 0 Å². The molecule has 2 aromatic carbocycles. The van der Waals surface area contributed by atoms with E-state index in [0.29, 0.717) is 23.5 Å². The largest absolute Gasteiger partial charge is 0.352 e. The molecule has 0 saturated carbocycles. The Hall–Kier alpha value is -3.03. The molecule has 0 saturated heterocycles. The second-order valence-electron chi connectivity index (χ2n) is 7.66. The average Bonchev–Trinajstić information content (AvgIpc) is 3.16. The summed E-state index contributed by atoms with van der Waals surface area (Å²) < 4.78 is 17.4. The lowest BCUT2D eigenvalue weighted by Gasteiger charge is -2.07. The molecule has 0 aliphatic heterocycles. The van der Waals surface area contributed by atoms with Crippen LogP contribution >= 0.6 is 0 Å². The molecule has 4 aromatic rings. The standard InChI is InChI=1S/C25H28N4O2S/c1-2-29-23-11-5-4-10-21(23)22-17-19(12-13-24(22)29)25(30)27-15-6-3-7-16-28-32(31)20-9-8-14-26-18-20/h4-5,8-14,17-18,28H,2-3,6-7,15-16H2,1H3,(H,27,30). The minimum Gasteiger partial charge on any atom is -0.352 e. The number of aromatic nitrogens is 2. The number of unbranched alkanes of at least 4 members (excludes halogenated alkanes) is 2. The van der Waals surface area contributed by atoms with Crippen LogP contribution in [0.5, 0.6) is 0 Å². The molecule has 2 heterocycles. The van der Waals surface area contributed by atoms with E-state index in [2.05, 4.69) is 38.6 Å². The molecule has 1 amide bonds. The molecule has 0 aliphatic carbocycles. The van der Waals surface area contributed by atoms with E-state index in [9.17, 15) is 9.00 Å². The normalized spacial score (nSPS) is 12.3. The third kappa shape index (κ3) is 4.89. The van der Waals surface area contributed by atoms with Gasteiger partial charge in [-0.05, 0) is 56.2 Å². The summed E-state index contributed by atoms with van der Waals surface area (Å²) in [6.07, 6.45) is 5.99. The van der Waals surface area contributed by atoms with Crippen LogP contribution in [0.25, 0.3) is 21.8 Å². The van der Waals surface area contributed by atoms with Crippen molar-refractivity contribution in [3.8, 4) is 0 Å². The fourth-order valence-corrected chi connectivity index (χ4v) is 4.83. The summed E-state index contributed by atoms with van der Waals surface area (Å²) in [5.41, 5.74) is 3.03. The van der Waals surface area contributed by atoms with E-state index in [-0.39, 0.29) is 5.91 Å². The number of hydrogen-bond acceptors (Lipinski definition) is 3. The van der Waals surface area contributed by atoms with Crippen molar-refractivity contribution in [2.75, 3.05) is 13.1 Å². The first-order valence-corrected chi connectivity index (χ1v) is 12.2. The van der Waals surface area contributed by atoms with Gasteiger partial charge in [-0.15, -0.1) is 0 Å². The lowest BCUT2D eigenvalue weighted by molar-refractivity contribution is 0.0953. The van der Waals surface area contributed by atoms with Crippen LogP contribution in [0, 0.1) is 0 Å². The number of fused-ring (bicyclic) bond motifs is 3. The Morgan fingerprint density at radius 3 is 2.59 bits per heavy atom. The number of amides is 1. The van der Waals surface area contributed by atoms with Crippen molar-refractivity contribution in [2.24, 2.45) is 0 Å². The summed E-state index contributed by atoms with van der Waals surface area (Å²) in [5.74, 6) is -0.0453. The van der Waals surface area contributed by atoms with Crippen LogP contribution in [0.2, 0.25) is 0 Å². The van der Waals surface area contributed by atoms with E-state index in [1.165, 1.54) is 10.9 Å². The van der Waals surface area contributed by atoms with Gasteiger partial charge in [0.05, 0.1) is 4.90 Å². The maximum Gasteiger partial charge on any atom is 0.251 e. The molecule has 0 spiro atoms. The number of nitrogens with zero attached hydrogens (tertiary/aromatic N) is 2. The van der Waals surface area contributed by atoms with Gasteiger partial charge in [0.15, 0.2) is 0 Å². The molecule has 1 atom stereocenters. The number of benzene rings is 2. The summed E-state index contributed by atoms with van der Waals surface area (Å²) in [6, 6.07) is 17.8. The van der Waals surface area contributed by atoms with Gasteiger partial charge < -0.3 is 9.88 Å². The molecular formula is C25H28N4O2S. The van der Waals surface area contributed by atoms with Gasteiger partial charge in [0, 0.05) is 59.4 Å². The summed E-state index contributed by atoms with van der Waals surface area (Å²) in [7, 11) is -1.23. The monoisotopic (exact) mass is 448 g/mol. The fourth-order valence-electron chi connectivity index (χ4n) is 3.97. The molecule has 0 fully saturated rings. The zero-order valence-electron chi connectivity index (χ0n) is 18.2. The van der Waals surface area contributed by atoms with E-state index in [1.54, 1.807) is 24.5 Å². The van der Waals surface area contributed by atoms with Crippen LogP contribution in [0.4, 0.5) is 0 Å². The minimum atomic E-state index is -1.23. The number of nitrogens with one attached hydrogen (secondary N) is 2. The molecule has 7 heteroatoms. The molecular weight excluding hydrogens is 420 g/mol. The zero-order valence-corrected chi connectivity index (χ0v) is 19.0. The predicted octanol–water partition coefficient (Wildman–Crippen LogP) is 4.42. The first-order valence-electron chi connectivity index (χ1n) is 11.0. The van der Waals surface area contributed by atoms with Crippen LogP contribution in [-0.4, -0.2) is 32.8 Å². The molecule has 0 bridgehead atoms. The first-order chi connectivity index (χ1) is 15.7. The van der Waals surface area contributed by atoms with Gasteiger partial charge in [-0.2, -0.15) is 0 Å². The average molecular weight is 449 g/mol. The van der Waals surface area contributed by atoms with Crippen LogP contribution in [0.1, 0.15) is 36.5 Å². The number of rotatable bonds is 10. The van der Waals surface area contributed by atoms with Crippen LogP contribution in [-0.2, 0) is 17.5 Å². The van der Waals surface area contributed by atoms with E-state index in [4.69, 9.17) is 0 Å². The second kappa shape index (κ2) is 10.5. The SMILES string of the molecule is CCn1c2ccccc2c2cc(C(=O)NCCCCCNS(=O)c3cccnc3)ccc21. The maximum absolute atomic E-state index is 12.7. The highest BCUT2D eigenvalue weighted by Gasteiger charge is 2.12. The number of carbonyl (C=O) groups is 1. The minimum absolute atomic E-state index is 0.0453. The zero-order chi connectivity index (χ0) is 22.3. The Bertz CT molecular complexity index is 1240. The van der Waals surface area contributed by atoms with Gasteiger partial charge in [-0.25, -0.2) is 8.93 Å². The van der Waals surface area contributed by atoms with Gasteiger partial charge in [0.25, 0.3) is 5.91 Å². The fraction of sp³-hybridized carbons (Fsp3) is 0.280. The number of para-hydroxylation sites is 1. The van der Waals surface area contributed by atoms with E-state index < -0.39 is 11.0 Å². The highest BCUT2D eigenvalue weighted by atomic mass is 32.2. The number of carbonyl (C=O) groups excluding carboxylic acids is 1. The number of pyridine rings is 1. The third-order valence-electron chi connectivity index (χ3n) is 5.57. The quantitative estimate of drug-likeness (QED) is 0.353. The Labute approximate surface area is 190 Å². The molecule has 2 aromatic heterocycles. The van der Waals surface area contributed by atoms with Gasteiger partial charge in [0.1, 0.15) is 11.0 Å². The van der Waals surface area contributed by atoms with E-state index in [1.807, 2.05) is 30.3 Å². The highest BCUT2D eigenvalue weighted by Crippen LogP contribution is 2.29. The van der Waals surface area contributed by atoms with Crippen molar-refractivity contribution in [1.29, 1.82) is 0 Å². The van der Waals surface area contributed by atoms with Gasteiger partial charge in [0.2, 0.25) is 0 Å². The van der Waals surface area contributed by atoms with Gasteiger partial charge in [-0.1, -0.05) is 24.6 Å². The van der Waals surface area contributed by atoms with Crippen molar-refractivity contribution in [2.45, 2.75) is 37.6 Å². The Kier molecular flexibility index (Phi) is 7.29. The molecule has 166 valence electrons.